The van der Waals surface area contributed by atoms with Crippen LogP contribution in [0.15, 0.2) is 41.8 Å². The van der Waals surface area contributed by atoms with Crippen molar-refractivity contribution in [2.24, 2.45) is 0 Å². The summed E-state index contributed by atoms with van der Waals surface area (Å²) in [5.41, 5.74) is 5.37. The highest BCUT2D eigenvalue weighted by atomic mass is 35.5. The lowest BCUT2D eigenvalue weighted by Gasteiger charge is -2.29. The maximum Gasteiger partial charge on any atom is 0.255 e. The first-order valence-corrected chi connectivity index (χ1v) is 11.9. The van der Waals surface area contributed by atoms with Crippen molar-refractivity contribution in [3.05, 3.63) is 69.1 Å². The lowest BCUT2D eigenvalue weighted by atomic mass is 10.0. The molecule has 0 aliphatic carbocycles. The van der Waals surface area contributed by atoms with E-state index in [1.807, 2.05) is 48.7 Å². The molecule has 2 aromatic carbocycles. The molecule has 0 radical (unpaired) electrons. The predicted octanol–water partition coefficient (Wildman–Crippen LogP) is 4.15. The van der Waals surface area contributed by atoms with Crippen LogP contribution >= 0.6 is 22.9 Å². The molecule has 0 saturated carbocycles. The number of aromatic nitrogens is 1. The smallest absolute Gasteiger partial charge is 0.255 e. The van der Waals surface area contributed by atoms with Crippen LogP contribution in [-0.4, -0.2) is 33.6 Å². The average molecular weight is 481 g/mol. The molecule has 168 valence electrons. The minimum atomic E-state index is -0.604. The van der Waals surface area contributed by atoms with E-state index in [9.17, 15) is 14.4 Å². The number of carbonyl (C=O) groups excluding carboxylic acids is 3. The zero-order chi connectivity index (χ0) is 23.1. The van der Waals surface area contributed by atoms with Crippen molar-refractivity contribution in [3.8, 4) is 11.3 Å². The van der Waals surface area contributed by atoms with E-state index >= 15 is 0 Å². The Morgan fingerprint density at radius 2 is 2.06 bits per heavy atom. The number of aryl methyl sites for hydroxylation is 1. The minimum absolute atomic E-state index is 0.166. The van der Waals surface area contributed by atoms with E-state index in [0.29, 0.717) is 30.1 Å². The maximum absolute atomic E-state index is 12.8. The molecule has 9 heteroatoms. The molecule has 1 atom stereocenters. The first-order valence-electron chi connectivity index (χ1n) is 10.6. The first kappa shape index (κ1) is 21.6. The standard InChI is InChI=1S/C24H21ClN4O3S/c1-13-2-4-15(9-18(13)25)19-12-33-24(27-19)26-10-14-3-5-17-16(8-14)11-29(23(17)32)20-6-7-21(30)28-22(20)31/h2-5,8-9,12,20H,6-7,10-11H2,1H3,(H,26,27)(H,28,30,31). The number of amides is 3. The number of imide groups is 1. The molecule has 2 N–H and O–H groups in total. The number of hydrogen-bond donors (Lipinski definition) is 2. The topological polar surface area (TPSA) is 91.4 Å². The molecule has 3 heterocycles. The lowest BCUT2D eigenvalue weighted by Crippen LogP contribution is -2.52. The van der Waals surface area contributed by atoms with Gasteiger partial charge < -0.3 is 10.2 Å². The predicted molar refractivity (Wildman–Crippen MR) is 127 cm³/mol. The summed E-state index contributed by atoms with van der Waals surface area (Å²) in [6, 6.07) is 11.0. The van der Waals surface area contributed by atoms with Crippen LogP contribution in [0.3, 0.4) is 0 Å². The monoisotopic (exact) mass is 480 g/mol. The van der Waals surface area contributed by atoms with Crippen LogP contribution in [0.2, 0.25) is 5.02 Å². The third-order valence-corrected chi connectivity index (χ3v) is 7.21. The molecule has 3 amide bonds. The third-order valence-electron chi connectivity index (χ3n) is 6.00. The van der Waals surface area contributed by atoms with Crippen molar-refractivity contribution < 1.29 is 14.4 Å². The summed E-state index contributed by atoms with van der Waals surface area (Å²) >= 11 is 7.76. The molecule has 3 aromatic rings. The molecule has 0 bridgehead atoms. The fourth-order valence-electron chi connectivity index (χ4n) is 4.16. The highest BCUT2D eigenvalue weighted by Crippen LogP contribution is 2.30. The summed E-state index contributed by atoms with van der Waals surface area (Å²) in [4.78, 5) is 42.7. The highest BCUT2D eigenvalue weighted by Gasteiger charge is 2.39. The van der Waals surface area contributed by atoms with Gasteiger partial charge in [-0.15, -0.1) is 11.3 Å². The van der Waals surface area contributed by atoms with Crippen molar-refractivity contribution in [2.75, 3.05) is 5.32 Å². The average Bonchev–Trinajstić information content (AvgIpc) is 3.39. The quantitative estimate of drug-likeness (QED) is 0.535. The zero-order valence-corrected chi connectivity index (χ0v) is 19.4. The second kappa shape index (κ2) is 8.61. The number of thiazole rings is 1. The Hall–Kier alpha value is -3.23. The Labute approximate surface area is 199 Å². The second-order valence-corrected chi connectivity index (χ2v) is 9.51. The van der Waals surface area contributed by atoms with Gasteiger partial charge in [-0.25, -0.2) is 4.98 Å². The minimum Gasteiger partial charge on any atom is -0.357 e. The molecule has 1 saturated heterocycles. The van der Waals surface area contributed by atoms with E-state index in [4.69, 9.17) is 11.6 Å². The number of carbonyl (C=O) groups is 3. The molecule has 33 heavy (non-hydrogen) atoms. The Morgan fingerprint density at radius 1 is 1.21 bits per heavy atom. The fourth-order valence-corrected chi connectivity index (χ4v) is 5.05. The van der Waals surface area contributed by atoms with Gasteiger partial charge in [0.05, 0.1) is 5.69 Å². The number of rotatable bonds is 5. The largest absolute Gasteiger partial charge is 0.357 e. The van der Waals surface area contributed by atoms with Crippen LogP contribution in [0.25, 0.3) is 11.3 Å². The van der Waals surface area contributed by atoms with Crippen LogP contribution in [0.1, 0.15) is 39.9 Å². The third kappa shape index (κ3) is 4.24. The van der Waals surface area contributed by atoms with Crippen LogP contribution < -0.4 is 10.6 Å². The van der Waals surface area contributed by atoms with E-state index in [0.717, 1.165) is 33.1 Å². The van der Waals surface area contributed by atoms with Gasteiger partial charge in [0.1, 0.15) is 6.04 Å². The number of anilines is 1. The summed E-state index contributed by atoms with van der Waals surface area (Å²) in [6.45, 7) is 2.89. The van der Waals surface area contributed by atoms with Crippen LogP contribution in [0.5, 0.6) is 0 Å². The SMILES string of the molecule is Cc1ccc(-c2csc(NCc3ccc4c(c3)CN(C3CCC(=O)NC3=O)C4=O)n2)cc1Cl. The number of hydrogen-bond acceptors (Lipinski definition) is 6. The molecule has 2 aliphatic heterocycles. The summed E-state index contributed by atoms with van der Waals surface area (Å²) in [7, 11) is 0. The van der Waals surface area contributed by atoms with Crippen molar-refractivity contribution in [1.82, 2.24) is 15.2 Å². The van der Waals surface area contributed by atoms with Gasteiger partial charge in [-0.05, 0) is 42.2 Å². The summed E-state index contributed by atoms with van der Waals surface area (Å²) < 4.78 is 0. The molecule has 0 spiro atoms. The Kier molecular flexibility index (Phi) is 5.64. The van der Waals surface area contributed by atoms with Gasteiger partial charge in [0.15, 0.2) is 5.13 Å². The highest BCUT2D eigenvalue weighted by molar-refractivity contribution is 7.14. The number of nitrogens with zero attached hydrogens (tertiary/aromatic N) is 2. The fraction of sp³-hybridized carbons (Fsp3) is 0.250. The number of fused-ring (bicyclic) bond motifs is 1. The van der Waals surface area contributed by atoms with E-state index in [1.165, 1.54) is 11.3 Å². The van der Waals surface area contributed by atoms with Crippen molar-refractivity contribution in [2.45, 2.75) is 38.9 Å². The van der Waals surface area contributed by atoms with Gasteiger partial charge in [-0.2, -0.15) is 0 Å². The number of benzene rings is 2. The second-order valence-electron chi connectivity index (χ2n) is 8.25. The lowest BCUT2D eigenvalue weighted by molar-refractivity contribution is -0.136. The molecule has 1 unspecified atom stereocenters. The van der Waals surface area contributed by atoms with E-state index in [-0.39, 0.29) is 18.2 Å². The summed E-state index contributed by atoms with van der Waals surface area (Å²) in [5, 5.41) is 9.17. The number of piperidine rings is 1. The molecular weight excluding hydrogens is 460 g/mol. The van der Waals surface area contributed by atoms with Crippen molar-refractivity contribution in [1.29, 1.82) is 0 Å². The Balaban J connectivity index is 1.26. The molecule has 7 nitrogen and oxygen atoms in total. The molecular formula is C24H21ClN4O3S. The molecule has 1 fully saturated rings. The van der Waals surface area contributed by atoms with Crippen molar-refractivity contribution >= 4 is 45.8 Å². The Bertz CT molecular complexity index is 1290. The maximum atomic E-state index is 12.8. The van der Waals surface area contributed by atoms with Gasteiger partial charge in [0.2, 0.25) is 11.8 Å². The van der Waals surface area contributed by atoms with Crippen LogP contribution in [-0.2, 0) is 22.7 Å². The normalized spacial score (nSPS) is 17.8. The van der Waals surface area contributed by atoms with Crippen LogP contribution in [0, 0.1) is 6.92 Å². The first-order chi connectivity index (χ1) is 15.9. The van der Waals surface area contributed by atoms with E-state index < -0.39 is 11.9 Å². The molecule has 2 aliphatic rings. The van der Waals surface area contributed by atoms with Gasteiger partial charge >= 0.3 is 0 Å². The van der Waals surface area contributed by atoms with Crippen molar-refractivity contribution in [3.63, 3.8) is 0 Å². The van der Waals surface area contributed by atoms with Gasteiger partial charge in [0.25, 0.3) is 5.91 Å². The van der Waals surface area contributed by atoms with Gasteiger partial charge in [-0.1, -0.05) is 35.9 Å². The Morgan fingerprint density at radius 3 is 2.85 bits per heavy atom. The molecule has 5 rings (SSSR count). The van der Waals surface area contributed by atoms with Gasteiger partial charge in [0, 0.05) is 41.0 Å². The molecule has 1 aromatic heterocycles. The van der Waals surface area contributed by atoms with Gasteiger partial charge in [-0.3, -0.25) is 19.7 Å². The summed E-state index contributed by atoms with van der Waals surface area (Å²) in [5.74, 6) is -0.853. The summed E-state index contributed by atoms with van der Waals surface area (Å²) in [6.07, 6.45) is 0.605. The zero-order valence-electron chi connectivity index (χ0n) is 17.9. The number of nitrogens with one attached hydrogen (secondary N) is 2. The van der Waals surface area contributed by atoms with Crippen LogP contribution in [0.4, 0.5) is 5.13 Å². The van der Waals surface area contributed by atoms with E-state index in [1.54, 1.807) is 4.90 Å². The number of halogens is 1. The van der Waals surface area contributed by atoms with E-state index in [2.05, 4.69) is 15.6 Å².